The molecule has 0 unspecified atom stereocenters. The normalized spacial score (nSPS) is 12.2. The van der Waals surface area contributed by atoms with Gasteiger partial charge in [0.05, 0.1) is 16.4 Å². The molecule has 6 heteroatoms. The lowest BCUT2D eigenvalue weighted by Gasteiger charge is -2.19. The Morgan fingerprint density at radius 1 is 1.17 bits per heavy atom. The number of nitrogens with zero attached hydrogens (tertiary/aromatic N) is 2. The molecule has 0 aliphatic heterocycles. The maximum Gasteiger partial charge on any atom is 0.312 e. The van der Waals surface area contributed by atoms with Crippen LogP contribution < -0.4 is 11.1 Å². The average molecular weight is 412 g/mol. The number of aliphatic carboxylic acids is 1. The van der Waals surface area contributed by atoms with Gasteiger partial charge in [0.1, 0.15) is 12.0 Å². The number of aromatic nitrogens is 1. The van der Waals surface area contributed by atoms with Crippen LogP contribution in [0, 0.1) is 19.3 Å². The first-order chi connectivity index (χ1) is 13.8. The summed E-state index contributed by atoms with van der Waals surface area (Å²) in [6, 6.07) is 12.2. The molecule has 0 radical (unpaired) electrons. The van der Waals surface area contributed by atoms with E-state index in [1.165, 1.54) is 11.1 Å². The SMILES string of the molecule is C.Cc1ccc2/c(=N/OCC(C)(C)C(=O)O)c3ccccc3n(CCCN)c2c1C. The summed E-state index contributed by atoms with van der Waals surface area (Å²) in [5.74, 6) is -0.915. The standard InChI is InChI=1S/C23H29N3O3.CH4/c1-15-10-11-18-20(25-29-14-23(3,4)22(27)28)17-8-5-6-9-19(17)26(13-7-12-24)21(18)16(15)2;/h5-6,8-11H,7,12-14,24H2,1-4H3,(H,27,28);1H4/b25-20+;. The summed E-state index contributed by atoms with van der Waals surface area (Å²) in [5, 5.41) is 16.4. The van der Waals surface area contributed by atoms with Crippen LogP contribution in [0.5, 0.6) is 0 Å². The molecular formula is C24H33N3O3. The molecule has 3 N–H and O–H groups in total. The molecule has 0 saturated carbocycles. The van der Waals surface area contributed by atoms with Crippen LogP contribution in [0.2, 0.25) is 0 Å². The molecule has 0 atom stereocenters. The van der Waals surface area contributed by atoms with Crippen LogP contribution in [0.1, 0.15) is 38.8 Å². The first kappa shape index (κ1) is 23.4. The number of nitrogens with two attached hydrogens (primary N) is 1. The molecule has 0 aliphatic carbocycles. The largest absolute Gasteiger partial charge is 0.481 e. The van der Waals surface area contributed by atoms with E-state index in [2.05, 4.69) is 41.8 Å². The van der Waals surface area contributed by atoms with E-state index in [4.69, 9.17) is 10.6 Å². The summed E-state index contributed by atoms with van der Waals surface area (Å²) in [5.41, 5.74) is 9.33. The topological polar surface area (TPSA) is 89.8 Å². The molecule has 30 heavy (non-hydrogen) atoms. The lowest BCUT2D eigenvalue weighted by atomic mass is 9.96. The van der Waals surface area contributed by atoms with Crippen LogP contribution in [-0.2, 0) is 16.2 Å². The van der Waals surface area contributed by atoms with Crippen molar-refractivity contribution in [3.63, 3.8) is 0 Å². The summed E-state index contributed by atoms with van der Waals surface area (Å²) in [6.45, 7) is 8.88. The molecule has 1 aromatic heterocycles. The monoisotopic (exact) mass is 411 g/mol. The summed E-state index contributed by atoms with van der Waals surface area (Å²) in [6.07, 6.45) is 0.872. The van der Waals surface area contributed by atoms with Crippen LogP contribution in [0.4, 0.5) is 0 Å². The van der Waals surface area contributed by atoms with Crippen LogP contribution in [0.15, 0.2) is 41.6 Å². The first-order valence-electron chi connectivity index (χ1n) is 9.89. The predicted molar refractivity (Wildman–Crippen MR) is 122 cm³/mol. The highest BCUT2D eigenvalue weighted by molar-refractivity contribution is 5.95. The van der Waals surface area contributed by atoms with Gasteiger partial charge in [-0.15, -0.1) is 0 Å². The van der Waals surface area contributed by atoms with Gasteiger partial charge in [-0.1, -0.05) is 42.9 Å². The van der Waals surface area contributed by atoms with Crippen molar-refractivity contribution >= 4 is 27.8 Å². The number of carboxylic acid groups (broad SMARTS) is 1. The Hall–Kier alpha value is -2.86. The van der Waals surface area contributed by atoms with Crippen LogP contribution >= 0.6 is 0 Å². The highest BCUT2D eigenvalue weighted by atomic mass is 16.6. The van der Waals surface area contributed by atoms with Crippen molar-refractivity contribution in [1.29, 1.82) is 0 Å². The molecule has 0 fully saturated rings. The summed E-state index contributed by atoms with van der Waals surface area (Å²) in [4.78, 5) is 16.9. The lowest BCUT2D eigenvalue weighted by molar-refractivity contribution is -0.150. The molecule has 0 amide bonds. The third-order valence-corrected chi connectivity index (χ3v) is 5.42. The second kappa shape index (κ2) is 9.30. The number of hydrogen-bond acceptors (Lipinski definition) is 4. The van der Waals surface area contributed by atoms with Gasteiger partial charge in [0.2, 0.25) is 0 Å². The van der Waals surface area contributed by atoms with E-state index in [0.29, 0.717) is 6.54 Å². The zero-order chi connectivity index (χ0) is 21.2. The van der Waals surface area contributed by atoms with E-state index in [1.807, 2.05) is 18.2 Å². The molecule has 0 aliphatic rings. The summed E-state index contributed by atoms with van der Waals surface area (Å²) < 4.78 is 2.31. The number of para-hydroxylation sites is 1. The number of hydrogen-bond donors (Lipinski definition) is 2. The maximum atomic E-state index is 11.4. The smallest absolute Gasteiger partial charge is 0.312 e. The molecule has 162 valence electrons. The Labute approximate surface area is 178 Å². The van der Waals surface area contributed by atoms with Crippen molar-refractivity contribution in [3.8, 4) is 0 Å². The highest BCUT2D eigenvalue weighted by Crippen LogP contribution is 2.25. The summed E-state index contributed by atoms with van der Waals surface area (Å²) in [7, 11) is 0. The van der Waals surface area contributed by atoms with Crippen molar-refractivity contribution in [2.45, 2.75) is 48.1 Å². The average Bonchev–Trinajstić information content (AvgIpc) is 2.69. The number of carbonyl (C=O) groups is 1. The number of benzene rings is 2. The summed E-state index contributed by atoms with van der Waals surface area (Å²) >= 11 is 0. The number of carboxylic acids is 1. The fourth-order valence-corrected chi connectivity index (χ4v) is 3.41. The maximum absolute atomic E-state index is 11.4. The minimum Gasteiger partial charge on any atom is -0.481 e. The zero-order valence-electron chi connectivity index (χ0n) is 17.5. The van der Waals surface area contributed by atoms with Crippen LogP contribution in [0.3, 0.4) is 0 Å². The zero-order valence-corrected chi connectivity index (χ0v) is 17.5. The van der Waals surface area contributed by atoms with Gasteiger partial charge in [-0.3, -0.25) is 4.79 Å². The second-order valence-electron chi connectivity index (χ2n) is 8.12. The minimum absolute atomic E-state index is 0. The molecule has 0 bridgehead atoms. The number of rotatable bonds is 7. The Morgan fingerprint density at radius 3 is 2.53 bits per heavy atom. The minimum atomic E-state index is -1.02. The van der Waals surface area contributed by atoms with Gasteiger partial charge in [-0.05, 0) is 57.9 Å². The predicted octanol–water partition coefficient (Wildman–Crippen LogP) is 4.34. The van der Waals surface area contributed by atoms with Crippen molar-refractivity contribution < 1.29 is 14.7 Å². The fourth-order valence-electron chi connectivity index (χ4n) is 3.41. The highest BCUT2D eigenvalue weighted by Gasteiger charge is 2.28. The molecule has 0 saturated heterocycles. The van der Waals surface area contributed by atoms with Crippen LogP contribution in [0.25, 0.3) is 21.8 Å². The van der Waals surface area contributed by atoms with E-state index in [0.717, 1.165) is 40.1 Å². The van der Waals surface area contributed by atoms with E-state index >= 15 is 0 Å². The molecule has 2 aromatic carbocycles. The third kappa shape index (κ3) is 4.33. The Bertz CT molecular complexity index is 1130. The van der Waals surface area contributed by atoms with Gasteiger partial charge in [-0.25, -0.2) is 0 Å². The van der Waals surface area contributed by atoms with Gasteiger partial charge < -0.3 is 20.2 Å². The lowest BCUT2D eigenvalue weighted by Crippen LogP contribution is -2.29. The van der Waals surface area contributed by atoms with E-state index in [1.54, 1.807) is 13.8 Å². The molecule has 6 nitrogen and oxygen atoms in total. The van der Waals surface area contributed by atoms with Gasteiger partial charge in [0.15, 0.2) is 0 Å². The van der Waals surface area contributed by atoms with Gasteiger partial charge in [0.25, 0.3) is 0 Å². The molecule has 0 spiro atoms. The number of aryl methyl sites for hydroxylation is 3. The van der Waals surface area contributed by atoms with E-state index < -0.39 is 11.4 Å². The Kier molecular flexibility index (Phi) is 7.26. The van der Waals surface area contributed by atoms with Crippen molar-refractivity contribution in [2.75, 3.05) is 13.2 Å². The van der Waals surface area contributed by atoms with Crippen molar-refractivity contribution in [2.24, 2.45) is 16.3 Å². The van der Waals surface area contributed by atoms with E-state index in [-0.39, 0.29) is 14.0 Å². The molecule has 1 heterocycles. The number of fused-ring (bicyclic) bond motifs is 2. The molecular weight excluding hydrogens is 378 g/mol. The van der Waals surface area contributed by atoms with Gasteiger partial charge in [-0.2, -0.15) is 0 Å². The Balaban J connectivity index is 0.00000320. The Morgan fingerprint density at radius 2 is 1.87 bits per heavy atom. The van der Waals surface area contributed by atoms with Gasteiger partial charge >= 0.3 is 5.97 Å². The molecule has 3 aromatic rings. The first-order valence-corrected chi connectivity index (χ1v) is 9.89. The van der Waals surface area contributed by atoms with Crippen molar-refractivity contribution in [3.05, 3.63) is 52.9 Å². The van der Waals surface area contributed by atoms with Gasteiger partial charge in [0, 0.05) is 17.3 Å². The third-order valence-electron chi connectivity index (χ3n) is 5.42. The van der Waals surface area contributed by atoms with Crippen LogP contribution in [-0.4, -0.2) is 28.8 Å². The molecule has 3 rings (SSSR count). The second-order valence-corrected chi connectivity index (χ2v) is 8.12. The van der Waals surface area contributed by atoms with E-state index in [9.17, 15) is 9.90 Å². The quantitative estimate of drug-likeness (QED) is 0.447. The van der Waals surface area contributed by atoms with Crippen molar-refractivity contribution in [1.82, 2.24) is 4.57 Å². The fraction of sp³-hybridized carbons (Fsp3) is 0.417. The number of pyridine rings is 1.